The minimum absolute atomic E-state index is 0.169. The third-order valence-electron chi connectivity index (χ3n) is 3.42. The smallest absolute Gasteiger partial charge is 0.308 e. The van der Waals surface area contributed by atoms with Crippen LogP contribution >= 0.6 is 0 Å². The predicted molar refractivity (Wildman–Crippen MR) is 78.8 cm³/mol. The number of pyridine rings is 1. The summed E-state index contributed by atoms with van der Waals surface area (Å²) in [6.45, 7) is 2.10. The van der Waals surface area contributed by atoms with Crippen molar-refractivity contribution in [1.82, 2.24) is 15.3 Å². The molecular weight excluding hydrogens is 270 g/mol. The highest BCUT2D eigenvalue weighted by Gasteiger charge is 2.17. The number of hydrogen-bond donors (Lipinski definition) is 3. The molecule has 0 aliphatic rings. The first-order valence-corrected chi connectivity index (χ1v) is 7.02. The second kappa shape index (κ2) is 6.88. The Labute approximate surface area is 122 Å². The van der Waals surface area contributed by atoms with Crippen LogP contribution in [-0.4, -0.2) is 33.5 Å². The first-order chi connectivity index (χ1) is 10.1. The van der Waals surface area contributed by atoms with Gasteiger partial charge in [-0.3, -0.25) is 9.59 Å². The van der Waals surface area contributed by atoms with Crippen LogP contribution in [0.3, 0.4) is 0 Å². The zero-order valence-corrected chi connectivity index (χ0v) is 11.9. The number of carboxylic acids is 1. The maximum Gasteiger partial charge on any atom is 0.308 e. The minimum atomic E-state index is -0.867. The van der Waals surface area contributed by atoms with Gasteiger partial charge in [-0.05, 0) is 24.1 Å². The number of fused-ring (bicyclic) bond motifs is 1. The van der Waals surface area contributed by atoms with Crippen LogP contribution in [0.5, 0.6) is 0 Å². The van der Waals surface area contributed by atoms with Crippen molar-refractivity contribution in [2.45, 2.75) is 26.2 Å². The molecule has 0 spiro atoms. The van der Waals surface area contributed by atoms with Crippen LogP contribution < -0.4 is 5.32 Å². The lowest BCUT2D eigenvalue weighted by molar-refractivity contribution is -0.141. The van der Waals surface area contributed by atoms with Crippen LogP contribution in [0.4, 0.5) is 0 Å². The van der Waals surface area contributed by atoms with E-state index in [9.17, 15) is 9.59 Å². The van der Waals surface area contributed by atoms with Gasteiger partial charge in [-0.1, -0.05) is 13.3 Å². The lowest BCUT2D eigenvalue weighted by Gasteiger charge is -2.12. The molecule has 0 aromatic carbocycles. The summed E-state index contributed by atoms with van der Waals surface area (Å²) in [6.07, 6.45) is 5.00. The number of carbonyl (C=O) groups excluding carboxylic acids is 1. The maximum absolute atomic E-state index is 11.9. The number of aromatic amines is 1. The molecule has 0 aliphatic carbocycles. The number of nitrogens with one attached hydrogen (secondary N) is 2. The number of H-pyrrole nitrogens is 1. The summed E-state index contributed by atoms with van der Waals surface area (Å²) in [5.74, 6) is -1.57. The molecule has 21 heavy (non-hydrogen) atoms. The number of amides is 1. The first kappa shape index (κ1) is 15.0. The number of rotatable bonds is 7. The molecule has 0 fully saturated rings. The van der Waals surface area contributed by atoms with Crippen LogP contribution in [0.2, 0.25) is 0 Å². The Morgan fingerprint density at radius 3 is 3.00 bits per heavy atom. The van der Waals surface area contributed by atoms with Gasteiger partial charge in [0.1, 0.15) is 5.65 Å². The lowest BCUT2D eigenvalue weighted by atomic mass is 10.0. The van der Waals surface area contributed by atoms with Crippen LogP contribution in [-0.2, 0) is 16.0 Å². The van der Waals surface area contributed by atoms with Gasteiger partial charge in [0, 0.05) is 24.3 Å². The topological polar surface area (TPSA) is 95.1 Å². The Kier molecular flexibility index (Phi) is 4.92. The molecule has 1 unspecified atom stereocenters. The summed E-state index contributed by atoms with van der Waals surface area (Å²) in [7, 11) is 0. The second-order valence-corrected chi connectivity index (χ2v) is 5.02. The molecule has 1 atom stereocenters. The van der Waals surface area contributed by atoms with Crippen molar-refractivity contribution in [1.29, 1.82) is 0 Å². The molecule has 2 heterocycles. The van der Waals surface area contributed by atoms with Crippen molar-refractivity contribution in [2.75, 3.05) is 6.54 Å². The zero-order chi connectivity index (χ0) is 15.2. The number of hydrogen-bond acceptors (Lipinski definition) is 3. The largest absolute Gasteiger partial charge is 0.481 e. The molecule has 0 saturated carbocycles. The normalized spacial score (nSPS) is 12.2. The maximum atomic E-state index is 11.9. The molecule has 6 nitrogen and oxygen atoms in total. The van der Waals surface area contributed by atoms with Gasteiger partial charge in [0.05, 0.1) is 12.3 Å². The highest BCUT2D eigenvalue weighted by atomic mass is 16.4. The lowest BCUT2D eigenvalue weighted by Crippen LogP contribution is -2.33. The molecule has 112 valence electrons. The molecule has 2 rings (SSSR count). The molecule has 2 aromatic heterocycles. The summed E-state index contributed by atoms with van der Waals surface area (Å²) >= 11 is 0. The number of carbonyl (C=O) groups is 2. The van der Waals surface area contributed by atoms with E-state index in [0.717, 1.165) is 23.0 Å². The van der Waals surface area contributed by atoms with E-state index in [2.05, 4.69) is 15.3 Å². The van der Waals surface area contributed by atoms with Crippen molar-refractivity contribution >= 4 is 22.9 Å². The van der Waals surface area contributed by atoms with E-state index in [1.54, 1.807) is 12.4 Å². The van der Waals surface area contributed by atoms with Crippen molar-refractivity contribution < 1.29 is 14.7 Å². The molecule has 0 bridgehead atoms. The highest BCUT2D eigenvalue weighted by Crippen LogP contribution is 2.16. The summed E-state index contributed by atoms with van der Waals surface area (Å²) in [5.41, 5.74) is 1.60. The van der Waals surface area contributed by atoms with E-state index < -0.39 is 11.9 Å². The van der Waals surface area contributed by atoms with Gasteiger partial charge in [-0.2, -0.15) is 0 Å². The fourth-order valence-corrected chi connectivity index (χ4v) is 2.29. The van der Waals surface area contributed by atoms with Crippen LogP contribution in [0.1, 0.15) is 25.3 Å². The second-order valence-electron chi connectivity index (χ2n) is 5.02. The number of aromatic nitrogens is 2. The van der Waals surface area contributed by atoms with Crippen LogP contribution in [0.25, 0.3) is 11.0 Å². The molecule has 2 aromatic rings. The van der Waals surface area contributed by atoms with Crippen LogP contribution in [0, 0.1) is 5.92 Å². The van der Waals surface area contributed by atoms with Crippen molar-refractivity contribution in [2.24, 2.45) is 5.92 Å². The Morgan fingerprint density at radius 2 is 2.29 bits per heavy atom. The first-order valence-electron chi connectivity index (χ1n) is 7.02. The third kappa shape index (κ3) is 3.81. The fraction of sp³-hybridized carbons (Fsp3) is 0.400. The van der Waals surface area contributed by atoms with E-state index in [-0.39, 0.29) is 18.9 Å². The summed E-state index contributed by atoms with van der Waals surface area (Å²) in [4.78, 5) is 30.2. The fourth-order valence-electron chi connectivity index (χ4n) is 2.29. The zero-order valence-electron chi connectivity index (χ0n) is 11.9. The van der Waals surface area contributed by atoms with Crippen molar-refractivity contribution in [3.05, 3.63) is 30.1 Å². The van der Waals surface area contributed by atoms with Gasteiger partial charge in [0.25, 0.3) is 0 Å². The van der Waals surface area contributed by atoms with Gasteiger partial charge in [-0.25, -0.2) is 4.98 Å². The Balaban J connectivity index is 1.94. The average molecular weight is 289 g/mol. The van der Waals surface area contributed by atoms with E-state index in [1.165, 1.54) is 0 Å². The monoisotopic (exact) mass is 289 g/mol. The van der Waals surface area contributed by atoms with Crippen molar-refractivity contribution in [3.63, 3.8) is 0 Å². The number of aliphatic carboxylic acids is 1. The van der Waals surface area contributed by atoms with E-state index in [1.807, 2.05) is 19.1 Å². The molecule has 0 aliphatic heterocycles. The number of carboxylic acid groups (broad SMARTS) is 1. The predicted octanol–water partition coefficient (Wildman–Crippen LogP) is 1.72. The summed E-state index contributed by atoms with van der Waals surface area (Å²) in [6, 6.07) is 3.72. The molecule has 0 radical (unpaired) electrons. The number of nitrogens with zero attached hydrogens (tertiary/aromatic N) is 1. The minimum Gasteiger partial charge on any atom is -0.481 e. The Bertz CT molecular complexity index is 636. The molecule has 1 amide bonds. The summed E-state index contributed by atoms with van der Waals surface area (Å²) in [5, 5.41) is 12.7. The van der Waals surface area contributed by atoms with Gasteiger partial charge >= 0.3 is 5.97 Å². The average Bonchev–Trinajstić information content (AvgIpc) is 2.86. The molecular formula is C15H19N3O3. The summed E-state index contributed by atoms with van der Waals surface area (Å²) < 4.78 is 0. The Hall–Kier alpha value is -2.37. The standard InChI is InChI=1S/C15H19N3O3/c1-2-4-10(15(20)21)8-17-13(19)7-11-9-18-14-12(11)5-3-6-16-14/h3,5-6,9-10H,2,4,7-8H2,1H3,(H,16,18)(H,17,19)(H,20,21). The van der Waals surface area contributed by atoms with Crippen LogP contribution in [0.15, 0.2) is 24.5 Å². The van der Waals surface area contributed by atoms with E-state index in [4.69, 9.17) is 5.11 Å². The van der Waals surface area contributed by atoms with Gasteiger partial charge in [0.2, 0.25) is 5.91 Å². The van der Waals surface area contributed by atoms with E-state index in [0.29, 0.717) is 6.42 Å². The third-order valence-corrected chi connectivity index (χ3v) is 3.42. The van der Waals surface area contributed by atoms with Gasteiger partial charge < -0.3 is 15.4 Å². The highest BCUT2D eigenvalue weighted by molar-refractivity contribution is 5.87. The SMILES string of the molecule is CCCC(CNC(=O)Cc1c[nH]c2ncccc12)C(=O)O. The Morgan fingerprint density at radius 1 is 1.48 bits per heavy atom. The van der Waals surface area contributed by atoms with E-state index >= 15 is 0 Å². The van der Waals surface area contributed by atoms with Crippen molar-refractivity contribution in [3.8, 4) is 0 Å². The quantitative estimate of drug-likeness (QED) is 0.723. The molecule has 6 heteroatoms. The van der Waals surface area contributed by atoms with Gasteiger partial charge in [-0.15, -0.1) is 0 Å². The molecule has 3 N–H and O–H groups in total. The molecule has 0 saturated heterocycles. The van der Waals surface area contributed by atoms with Gasteiger partial charge in [0.15, 0.2) is 0 Å².